The van der Waals surface area contributed by atoms with E-state index in [0.717, 1.165) is 25.7 Å². The summed E-state index contributed by atoms with van der Waals surface area (Å²) in [6.07, 6.45) is 4.03. The predicted octanol–water partition coefficient (Wildman–Crippen LogP) is 1.33. The molecule has 0 N–H and O–H groups in total. The quantitative estimate of drug-likeness (QED) is 0.717. The molecule has 1 saturated carbocycles. The van der Waals surface area contributed by atoms with E-state index < -0.39 is 15.4 Å². The number of nitrogens with zero attached hydrogens (tertiary/aromatic N) is 3. The molecule has 1 aliphatic carbocycles. The summed E-state index contributed by atoms with van der Waals surface area (Å²) in [6.45, 7) is 2.08. The Bertz CT molecular complexity index is 792. The summed E-state index contributed by atoms with van der Waals surface area (Å²) < 4.78 is 27.0. The van der Waals surface area contributed by atoms with E-state index in [-0.39, 0.29) is 18.5 Å². The highest BCUT2D eigenvalue weighted by atomic mass is 32.2. The molecule has 0 atom stereocenters. The van der Waals surface area contributed by atoms with Crippen LogP contribution in [-0.2, 0) is 19.6 Å². The number of hydrogen-bond donors (Lipinski definition) is 0. The van der Waals surface area contributed by atoms with Crippen LogP contribution in [0.1, 0.15) is 32.1 Å². The number of piperazine rings is 1. The van der Waals surface area contributed by atoms with Gasteiger partial charge in [0.1, 0.15) is 4.21 Å². The van der Waals surface area contributed by atoms with Gasteiger partial charge in [0.05, 0.1) is 12.1 Å². The van der Waals surface area contributed by atoms with Crippen molar-refractivity contribution in [1.29, 1.82) is 0 Å². The summed E-state index contributed by atoms with van der Waals surface area (Å²) in [7, 11) is -3.43. The molecule has 3 heterocycles. The van der Waals surface area contributed by atoms with Crippen LogP contribution >= 0.6 is 11.3 Å². The molecule has 3 aliphatic rings. The Hall–Kier alpha value is -1.29. The van der Waals surface area contributed by atoms with Gasteiger partial charge in [-0.1, -0.05) is 18.9 Å². The van der Waals surface area contributed by atoms with E-state index in [9.17, 15) is 18.0 Å². The number of carbonyl (C=O) groups excluding carboxylic acids is 2. The van der Waals surface area contributed by atoms with E-state index in [0.29, 0.717) is 36.8 Å². The van der Waals surface area contributed by atoms with Crippen LogP contribution in [0.5, 0.6) is 0 Å². The molecule has 0 aromatic carbocycles. The molecule has 2 amide bonds. The molecule has 4 rings (SSSR count). The smallest absolute Gasteiger partial charge is 0.252 e. The lowest BCUT2D eigenvalue weighted by atomic mass is 9.85. The maximum atomic E-state index is 12.8. The topological polar surface area (TPSA) is 78.0 Å². The van der Waals surface area contributed by atoms with Gasteiger partial charge in [-0.15, -0.1) is 11.3 Å². The van der Waals surface area contributed by atoms with E-state index in [4.69, 9.17) is 0 Å². The number of thiophene rings is 1. The van der Waals surface area contributed by atoms with Crippen molar-refractivity contribution in [1.82, 2.24) is 14.1 Å². The molecule has 9 heteroatoms. The van der Waals surface area contributed by atoms with Crippen molar-refractivity contribution in [2.75, 3.05) is 32.8 Å². The molecular weight excluding hydrogens is 374 g/mol. The Balaban J connectivity index is 1.37. The normalized spacial score (nSPS) is 24.8. The SMILES string of the molecule is O=C1CC2(CCCC2)C(=O)N1CN1CCN(S(=O)(=O)c2cccs2)CC1. The molecule has 0 radical (unpaired) electrons. The monoisotopic (exact) mass is 397 g/mol. The summed E-state index contributed by atoms with van der Waals surface area (Å²) in [5.41, 5.74) is -0.443. The predicted molar refractivity (Wildman–Crippen MR) is 96.9 cm³/mol. The minimum atomic E-state index is -3.43. The zero-order valence-corrected chi connectivity index (χ0v) is 16.2. The van der Waals surface area contributed by atoms with Crippen molar-refractivity contribution < 1.29 is 18.0 Å². The molecule has 2 saturated heterocycles. The van der Waals surface area contributed by atoms with Crippen molar-refractivity contribution in [2.45, 2.75) is 36.3 Å². The first-order valence-electron chi connectivity index (χ1n) is 9.03. The van der Waals surface area contributed by atoms with Crippen LogP contribution in [0.15, 0.2) is 21.7 Å². The molecule has 1 aromatic rings. The second-order valence-corrected chi connectivity index (χ2v) is 10.5. The highest BCUT2D eigenvalue weighted by molar-refractivity contribution is 7.91. The van der Waals surface area contributed by atoms with Crippen LogP contribution in [0.3, 0.4) is 0 Å². The van der Waals surface area contributed by atoms with E-state index in [1.54, 1.807) is 17.5 Å². The third-order valence-electron chi connectivity index (χ3n) is 5.81. The van der Waals surface area contributed by atoms with Crippen LogP contribution in [0.4, 0.5) is 0 Å². The van der Waals surface area contributed by atoms with Crippen molar-refractivity contribution in [3.05, 3.63) is 17.5 Å². The zero-order valence-electron chi connectivity index (χ0n) is 14.6. The largest absolute Gasteiger partial charge is 0.283 e. The average molecular weight is 398 g/mol. The first-order chi connectivity index (χ1) is 12.4. The molecule has 3 fully saturated rings. The Kier molecular flexibility index (Phi) is 4.66. The number of hydrogen-bond acceptors (Lipinski definition) is 6. The van der Waals surface area contributed by atoms with E-state index >= 15 is 0 Å². The molecule has 0 bridgehead atoms. The van der Waals surface area contributed by atoms with Gasteiger partial charge in [-0.2, -0.15) is 4.31 Å². The van der Waals surface area contributed by atoms with Crippen molar-refractivity contribution in [2.24, 2.45) is 5.41 Å². The van der Waals surface area contributed by atoms with Gasteiger partial charge in [0.25, 0.3) is 10.0 Å². The second kappa shape index (κ2) is 6.70. The Morgan fingerprint density at radius 3 is 2.38 bits per heavy atom. The number of carbonyl (C=O) groups is 2. The Labute approximate surface area is 157 Å². The van der Waals surface area contributed by atoms with E-state index in [1.807, 2.05) is 4.90 Å². The number of imide groups is 1. The standard InChI is InChI=1S/C17H23N3O4S2/c21-14-12-17(5-1-2-6-17)16(22)20(14)13-18-7-9-19(10-8-18)26(23,24)15-4-3-11-25-15/h3-4,11H,1-2,5-10,12-13H2. The Morgan fingerprint density at radius 1 is 1.08 bits per heavy atom. The molecular formula is C17H23N3O4S2. The minimum absolute atomic E-state index is 0.0198. The van der Waals surface area contributed by atoms with Gasteiger partial charge in [-0.3, -0.25) is 19.4 Å². The van der Waals surface area contributed by atoms with Gasteiger partial charge >= 0.3 is 0 Å². The van der Waals surface area contributed by atoms with Gasteiger partial charge in [0, 0.05) is 32.6 Å². The van der Waals surface area contributed by atoms with E-state index in [2.05, 4.69) is 0 Å². The highest BCUT2D eigenvalue weighted by Crippen LogP contribution is 2.46. The fourth-order valence-electron chi connectivity index (χ4n) is 4.29. The lowest BCUT2D eigenvalue weighted by Gasteiger charge is -2.35. The molecule has 1 aromatic heterocycles. The first kappa shape index (κ1) is 18.1. The number of amides is 2. The summed E-state index contributed by atoms with van der Waals surface area (Å²) in [5.74, 6) is -0.0980. The molecule has 7 nitrogen and oxygen atoms in total. The maximum Gasteiger partial charge on any atom is 0.252 e. The second-order valence-electron chi connectivity index (χ2n) is 7.39. The minimum Gasteiger partial charge on any atom is -0.283 e. The van der Waals surface area contributed by atoms with Crippen molar-refractivity contribution in [3.63, 3.8) is 0 Å². The zero-order chi connectivity index (χ0) is 18.4. The van der Waals surface area contributed by atoms with E-state index in [1.165, 1.54) is 20.5 Å². The summed E-state index contributed by atoms with van der Waals surface area (Å²) in [5, 5.41) is 1.76. The molecule has 2 aliphatic heterocycles. The molecule has 142 valence electrons. The number of sulfonamides is 1. The lowest BCUT2D eigenvalue weighted by Crippen LogP contribution is -2.52. The Morgan fingerprint density at radius 2 is 1.77 bits per heavy atom. The van der Waals surface area contributed by atoms with Gasteiger partial charge in [-0.05, 0) is 24.3 Å². The molecule has 26 heavy (non-hydrogen) atoms. The third-order valence-corrected chi connectivity index (χ3v) is 9.08. The van der Waals surface area contributed by atoms with Crippen LogP contribution in [0.25, 0.3) is 0 Å². The van der Waals surface area contributed by atoms with Crippen LogP contribution in [0, 0.1) is 5.41 Å². The summed E-state index contributed by atoms with van der Waals surface area (Å²) in [6, 6.07) is 3.35. The average Bonchev–Trinajstić information content (AvgIpc) is 3.35. The third kappa shape index (κ3) is 3.00. The summed E-state index contributed by atoms with van der Waals surface area (Å²) >= 11 is 1.22. The van der Waals surface area contributed by atoms with Gasteiger partial charge in [0.2, 0.25) is 11.8 Å². The highest BCUT2D eigenvalue weighted by Gasteiger charge is 2.52. The molecule has 0 unspecified atom stereocenters. The number of likely N-dealkylation sites (tertiary alicyclic amines) is 1. The maximum absolute atomic E-state index is 12.8. The van der Waals surface area contributed by atoms with Gasteiger partial charge in [0.15, 0.2) is 0 Å². The summed E-state index contributed by atoms with van der Waals surface area (Å²) in [4.78, 5) is 28.5. The number of rotatable bonds is 4. The van der Waals surface area contributed by atoms with Crippen LogP contribution in [-0.4, -0.2) is 67.2 Å². The molecule has 1 spiro atoms. The van der Waals surface area contributed by atoms with Crippen LogP contribution in [0.2, 0.25) is 0 Å². The fraction of sp³-hybridized carbons (Fsp3) is 0.647. The lowest BCUT2D eigenvalue weighted by molar-refractivity contribution is -0.144. The van der Waals surface area contributed by atoms with Crippen LogP contribution < -0.4 is 0 Å². The van der Waals surface area contributed by atoms with Crippen molar-refractivity contribution >= 4 is 33.2 Å². The van der Waals surface area contributed by atoms with Gasteiger partial charge < -0.3 is 0 Å². The van der Waals surface area contributed by atoms with Gasteiger partial charge in [-0.25, -0.2) is 8.42 Å². The fourth-order valence-corrected chi connectivity index (χ4v) is 6.86. The first-order valence-corrected chi connectivity index (χ1v) is 11.4. The van der Waals surface area contributed by atoms with Crippen molar-refractivity contribution in [3.8, 4) is 0 Å².